The lowest BCUT2D eigenvalue weighted by atomic mass is 10.2. The molecule has 166 valence electrons. The predicted octanol–water partition coefficient (Wildman–Crippen LogP) is 4.06. The molecule has 0 radical (unpaired) electrons. The molecule has 0 aliphatic heterocycles. The van der Waals surface area contributed by atoms with Crippen LogP contribution in [0.2, 0.25) is 0 Å². The molecule has 3 aromatic carbocycles. The maximum atomic E-state index is 13.0. The first-order valence-electron chi connectivity index (χ1n) is 9.73. The first-order chi connectivity index (χ1) is 15.9. The number of rotatable bonds is 7. The Hall–Kier alpha value is -4.36. The van der Waals surface area contributed by atoms with Crippen LogP contribution in [0.1, 0.15) is 5.56 Å². The molecule has 0 unspecified atom stereocenters. The quantitative estimate of drug-likeness (QED) is 0.422. The van der Waals surface area contributed by atoms with E-state index in [4.69, 9.17) is 9.47 Å². The third-order valence-corrected chi connectivity index (χ3v) is 6.11. The van der Waals surface area contributed by atoms with Gasteiger partial charge in [-0.15, -0.1) is 0 Å². The van der Waals surface area contributed by atoms with E-state index in [1.165, 1.54) is 26.4 Å². The molecule has 1 aromatic heterocycles. The molecule has 0 spiro atoms. The summed E-state index contributed by atoms with van der Waals surface area (Å²) in [5, 5.41) is 12.6. The molecule has 0 atom stereocenters. The lowest BCUT2D eigenvalue weighted by molar-refractivity contribution is 0.405. The summed E-state index contributed by atoms with van der Waals surface area (Å²) in [6, 6.07) is 20.0. The summed E-state index contributed by atoms with van der Waals surface area (Å²) in [5.74, 6) is 1.09. The molecule has 0 amide bonds. The van der Waals surface area contributed by atoms with Crippen molar-refractivity contribution in [2.24, 2.45) is 0 Å². The number of hydrogen-bond donors (Lipinski definition) is 2. The summed E-state index contributed by atoms with van der Waals surface area (Å²) in [6.45, 7) is 0. The number of aromatic nitrogens is 2. The summed E-state index contributed by atoms with van der Waals surface area (Å²) in [4.78, 5) is 9.05. The number of para-hydroxylation sites is 1. The van der Waals surface area contributed by atoms with Crippen LogP contribution in [0.4, 0.5) is 17.3 Å². The van der Waals surface area contributed by atoms with Crippen molar-refractivity contribution in [3.8, 4) is 17.6 Å². The van der Waals surface area contributed by atoms with Crippen LogP contribution in [0.15, 0.2) is 71.6 Å². The Labute approximate surface area is 190 Å². The van der Waals surface area contributed by atoms with Gasteiger partial charge in [-0.2, -0.15) is 5.26 Å². The first kappa shape index (κ1) is 21.9. The van der Waals surface area contributed by atoms with Crippen molar-refractivity contribution in [1.82, 2.24) is 9.97 Å². The fraction of sp³-hybridized carbons (Fsp3) is 0.0870. The Morgan fingerprint density at radius 1 is 0.909 bits per heavy atom. The number of anilines is 3. The van der Waals surface area contributed by atoms with E-state index in [-0.39, 0.29) is 16.5 Å². The van der Waals surface area contributed by atoms with Crippen molar-refractivity contribution in [3.63, 3.8) is 0 Å². The topological polar surface area (TPSA) is 126 Å². The normalized spacial score (nSPS) is 10.9. The molecule has 0 saturated carbocycles. The minimum absolute atomic E-state index is 0.0358. The number of nitriles is 1. The SMILES string of the molecule is COc1ccc(OC)c(Nc2nc3c(C#N)cccc3nc2NS(=O)(=O)c2ccccc2)c1. The number of ether oxygens (including phenoxy) is 2. The van der Waals surface area contributed by atoms with Gasteiger partial charge in [-0.3, -0.25) is 4.72 Å². The summed E-state index contributed by atoms with van der Waals surface area (Å²) < 4.78 is 39.2. The van der Waals surface area contributed by atoms with Crippen molar-refractivity contribution in [3.05, 3.63) is 72.3 Å². The average Bonchev–Trinajstić information content (AvgIpc) is 2.84. The molecule has 4 aromatic rings. The number of nitrogens with one attached hydrogen (secondary N) is 2. The number of fused-ring (bicyclic) bond motifs is 1. The number of methoxy groups -OCH3 is 2. The molecule has 0 saturated heterocycles. The van der Waals surface area contributed by atoms with Crippen LogP contribution in [0.3, 0.4) is 0 Å². The van der Waals surface area contributed by atoms with Gasteiger partial charge in [0.1, 0.15) is 23.1 Å². The van der Waals surface area contributed by atoms with Gasteiger partial charge in [-0.1, -0.05) is 24.3 Å². The highest BCUT2D eigenvalue weighted by molar-refractivity contribution is 7.92. The summed E-state index contributed by atoms with van der Waals surface area (Å²) in [7, 11) is -0.921. The van der Waals surface area contributed by atoms with E-state index >= 15 is 0 Å². The molecule has 0 aliphatic rings. The van der Waals surface area contributed by atoms with Gasteiger partial charge < -0.3 is 14.8 Å². The van der Waals surface area contributed by atoms with Gasteiger partial charge in [-0.05, 0) is 36.4 Å². The Kier molecular flexibility index (Phi) is 5.97. The second kappa shape index (κ2) is 9.02. The first-order valence-corrected chi connectivity index (χ1v) is 11.2. The molecule has 4 rings (SSSR count). The van der Waals surface area contributed by atoms with E-state index in [1.54, 1.807) is 54.6 Å². The zero-order chi connectivity index (χ0) is 23.4. The van der Waals surface area contributed by atoms with Gasteiger partial charge in [0, 0.05) is 6.07 Å². The van der Waals surface area contributed by atoms with Gasteiger partial charge >= 0.3 is 0 Å². The van der Waals surface area contributed by atoms with E-state index in [9.17, 15) is 13.7 Å². The van der Waals surface area contributed by atoms with Crippen LogP contribution >= 0.6 is 0 Å². The van der Waals surface area contributed by atoms with Crippen molar-refractivity contribution in [1.29, 1.82) is 5.26 Å². The van der Waals surface area contributed by atoms with Crippen LogP contribution in [0.5, 0.6) is 11.5 Å². The smallest absolute Gasteiger partial charge is 0.263 e. The molecule has 1 heterocycles. The number of benzene rings is 3. The fourth-order valence-electron chi connectivity index (χ4n) is 3.15. The Balaban J connectivity index is 1.88. The molecule has 10 heteroatoms. The average molecular weight is 462 g/mol. The van der Waals surface area contributed by atoms with Crippen LogP contribution in [0, 0.1) is 11.3 Å². The molecule has 33 heavy (non-hydrogen) atoms. The summed E-state index contributed by atoms with van der Waals surface area (Å²) >= 11 is 0. The third-order valence-electron chi connectivity index (χ3n) is 4.76. The van der Waals surface area contributed by atoms with Crippen LogP contribution < -0.4 is 19.5 Å². The van der Waals surface area contributed by atoms with Crippen molar-refractivity contribution in [2.45, 2.75) is 4.90 Å². The van der Waals surface area contributed by atoms with Gasteiger partial charge in [0.25, 0.3) is 10.0 Å². The molecule has 9 nitrogen and oxygen atoms in total. The largest absolute Gasteiger partial charge is 0.497 e. The van der Waals surface area contributed by atoms with Gasteiger partial charge in [0.2, 0.25) is 0 Å². The predicted molar refractivity (Wildman–Crippen MR) is 124 cm³/mol. The number of hydrogen-bond acceptors (Lipinski definition) is 8. The second-order valence-corrected chi connectivity index (χ2v) is 8.50. The van der Waals surface area contributed by atoms with Gasteiger partial charge in [0.15, 0.2) is 11.6 Å². The Bertz CT molecular complexity index is 1470. The zero-order valence-electron chi connectivity index (χ0n) is 17.7. The van der Waals surface area contributed by atoms with Crippen LogP contribution in [-0.2, 0) is 10.0 Å². The van der Waals surface area contributed by atoms with E-state index < -0.39 is 10.0 Å². The summed E-state index contributed by atoms with van der Waals surface area (Å²) in [6.07, 6.45) is 0. The molecule has 0 bridgehead atoms. The van der Waals surface area contributed by atoms with Gasteiger partial charge in [-0.25, -0.2) is 18.4 Å². The maximum absolute atomic E-state index is 13.0. The highest BCUT2D eigenvalue weighted by atomic mass is 32.2. The number of nitrogens with zero attached hydrogens (tertiary/aromatic N) is 3. The van der Waals surface area contributed by atoms with Crippen molar-refractivity contribution >= 4 is 38.4 Å². The highest BCUT2D eigenvalue weighted by Crippen LogP contribution is 2.34. The third kappa shape index (κ3) is 4.49. The van der Waals surface area contributed by atoms with Crippen LogP contribution in [-0.4, -0.2) is 32.6 Å². The molecule has 2 N–H and O–H groups in total. The standard InChI is InChI=1S/C23H19N5O4S/c1-31-16-11-12-20(32-2)19(13-16)26-22-23(28-33(29,30)17-8-4-3-5-9-17)25-18-10-6-7-15(14-24)21(18)27-22/h3-13H,1-2H3,(H,25,28)(H,26,27). The molecular formula is C23H19N5O4S. The minimum atomic E-state index is -3.95. The molecule has 0 fully saturated rings. The zero-order valence-corrected chi connectivity index (χ0v) is 18.6. The monoisotopic (exact) mass is 461 g/mol. The Morgan fingerprint density at radius 2 is 1.70 bits per heavy atom. The molecule has 0 aliphatic carbocycles. The second-order valence-electron chi connectivity index (χ2n) is 6.82. The highest BCUT2D eigenvalue weighted by Gasteiger charge is 2.20. The fourth-order valence-corrected chi connectivity index (χ4v) is 4.18. The van der Waals surface area contributed by atoms with Gasteiger partial charge in [0.05, 0.1) is 35.9 Å². The van der Waals surface area contributed by atoms with E-state index in [1.807, 2.05) is 0 Å². The minimum Gasteiger partial charge on any atom is -0.497 e. The lowest BCUT2D eigenvalue weighted by Crippen LogP contribution is -2.16. The van der Waals surface area contributed by atoms with E-state index in [0.717, 1.165) is 0 Å². The van der Waals surface area contributed by atoms with E-state index in [0.29, 0.717) is 33.8 Å². The van der Waals surface area contributed by atoms with Crippen molar-refractivity contribution < 1.29 is 17.9 Å². The maximum Gasteiger partial charge on any atom is 0.263 e. The van der Waals surface area contributed by atoms with Crippen molar-refractivity contribution in [2.75, 3.05) is 24.3 Å². The van der Waals surface area contributed by atoms with Crippen LogP contribution in [0.25, 0.3) is 11.0 Å². The lowest BCUT2D eigenvalue weighted by Gasteiger charge is -2.16. The Morgan fingerprint density at radius 3 is 2.39 bits per heavy atom. The molecular weight excluding hydrogens is 442 g/mol. The summed E-state index contributed by atoms with van der Waals surface area (Å²) in [5.41, 5.74) is 1.47. The number of sulfonamides is 1. The van der Waals surface area contributed by atoms with E-state index in [2.05, 4.69) is 26.1 Å².